The summed E-state index contributed by atoms with van der Waals surface area (Å²) in [6, 6.07) is 23.0. The minimum atomic E-state index is -0.935. The van der Waals surface area contributed by atoms with Gasteiger partial charge >= 0.3 is 5.97 Å². The van der Waals surface area contributed by atoms with E-state index in [1.165, 1.54) is 64.7 Å². The Labute approximate surface area is 289 Å². The Kier molecular flexibility index (Phi) is 12.8. The van der Waals surface area contributed by atoms with Crippen molar-refractivity contribution in [2.45, 2.75) is 78.1 Å². The van der Waals surface area contributed by atoms with Gasteiger partial charge in [0.05, 0.1) is 40.4 Å². The van der Waals surface area contributed by atoms with Crippen molar-refractivity contribution in [1.82, 2.24) is 19.9 Å². The number of aliphatic carboxylic acids is 1. The fraction of sp³-hybridized carbons (Fsp3) is 0.310. The molecule has 0 fully saturated rings. The number of aromatic amines is 2. The first-order chi connectivity index (χ1) is 23.9. The molecule has 0 atom stereocenters. The number of carboxylic acid groups (broad SMARTS) is 1. The van der Waals surface area contributed by atoms with Gasteiger partial charge in [-0.1, -0.05) is 102 Å². The molecule has 0 radical (unpaired) electrons. The molecule has 0 unspecified atom stereocenters. The molecule has 6 rings (SSSR count). The van der Waals surface area contributed by atoms with Crippen molar-refractivity contribution in [3.8, 4) is 16.9 Å². The first-order valence-electron chi connectivity index (χ1n) is 17.6. The lowest BCUT2D eigenvalue weighted by atomic mass is 10.1. The highest BCUT2D eigenvalue weighted by atomic mass is 16.5. The van der Waals surface area contributed by atoms with Gasteiger partial charge in [-0.3, -0.25) is 0 Å². The van der Waals surface area contributed by atoms with E-state index in [2.05, 4.69) is 115 Å². The van der Waals surface area contributed by atoms with Crippen LogP contribution in [0.25, 0.3) is 57.5 Å². The fourth-order valence-electron chi connectivity index (χ4n) is 5.86. The summed E-state index contributed by atoms with van der Waals surface area (Å²) in [5.41, 5.74) is 9.89. The van der Waals surface area contributed by atoms with Gasteiger partial charge in [0.25, 0.3) is 0 Å². The molecule has 2 aliphatic rings. The summed E-state index contributed by atoms with van der Waals surface area (Å²) in [5.74, 6) is -0.0619. The second-order valence-electron chi connectivity index (χ2n) is 12.7. The van der Waals surface area contributed by atoms with Gasteiger partial charge in [0, 0.05) is 22.2 Å². The van der Waals surface area contributed by atoms with Crippen molar-refractivity contribution in [3.63, 3.8) is 0 Å². The molecule has 254 valence electrons. The monoisotopic (exact) mass is 656 g/mol. The molecular weight excluding hydrogens is 608 g/mol. The van der Waals surface area contributed by atoms with Crippen LogP contribution in [0.3, 0.4) is 0 Å². The molecule has 3 N–H and O–H groups in total. The van der Waals surface area contributed by atoms with Gasteiger partial charge < -0.3 is 19.8 Å². The summed E-state index contributed by atoms with van der Waals surface area (Å²) in [6.45, 7) is 7.56. The predicted molar refractivity (Wildman–Crippen MR) is 204 cm³/mol. The maximum absolute atomic E-state index is 9.60. The number of aromatic nitrogens is 4. The molecule has 49 heavy (non-hydrogen) atoms. The van der Waals surface area contributed by atoms with Crippen LogP contribution in [0.2, 0.25) is 0 Å². The quantitative estimate of drug-likeness (QED) is 0.0799. The average Bonchev–Trinajstić information content (AvgIpc) is 3.90. The number of rotatable bonds is 14. The number of nitrogens with one attached hydrogen (secondary N) is 2. The molecule has 4 aromatic rings. The standard InChI is InChI=1S/C38H42N4O.C4H6O2/c1-2-3-4-5-6-7-8-9-10-14-23-43-38-36-27-34-22-20-32(41-34)25-30-18-17-29(39-30)24-31-19-21-33(40-31)26-35(42-36)37(38)28-15-12-11-13-16-28;1-3(2)4(5)6/h11-13,15-22,24-27,39,42H,2-10,14,23H2,1H3;1H2,2H3,(H,5,6). The Balaban J connectivity index is 0.000000717. The number of unbranched alkanes of at least 4 members (excludes halogenated alkanes) is 9. The van der Waals surface area contributed by atoms with Gasteiger partial charge in [0.1, 0.15) is 0 Å². The number of nitrogens with zero attached hydrogens (tertiary/aromatic N) is 2. The Morgan fingerprint density at radius 2 is 1.18 bits per heavy atom. The highest BCUT2D eigenvalue weighted by molar-refractivity contribution is 5.94. The van der Waals surface area contributed by atoms with Gasteiger partial charge in [-0.2, -0.15) is 0 Å². The van der Waals surface area contributed by atoms with Gasteiger partial charge in [0.15, 0.2) is 5.75 Å². The van der Waals surface area contributed by atoms with Crippen molar-refractivity contribution in [2.75, 3.05) is 6.61 Å². The molecule has 0 aliphatic carbocycles. The lowest BCUT2D eigenvalue weighted by Gasteiger charge is -2.09. The summed E-state index contributed by atoms with van der Waals surface area (Å²) in [4.78, 5) is 26.5. The van der Waals surface area contributed by atoms with E-state index in [9.17, 15) is 4.79 Å². The number of hydrogen-bond acceptors (Lipinski definition) is 4. The van der Waals surface area contributed by atoms with E-state index >= 15 is 0 Å². The molecule has 7 heteroatoms. The van der Waals surface area contributed by atoms with Crippen LogP contribution < -0.4 is 4.74 Å². The largest absolute Gasteiger partial charge is 0.491 e. The second-order valence-corrected chi connectivity index (χ2v) is 12.7. The zero-order valence-electron chi connectivity index (χ0n) is 28.8. The van der Waals surface area contributed by atoms with Gasteiger partial charge in [-0.05, 0) is 79.6 Å². The number of hydrogen-bond donors (Lipinski definition) is 3. The van der Waals surface area contributed by atoms with Gasteiger partial charge in [-0.15, -0.1) is 0 Å². The molecule has 0 spiro atoms. The molecule has 0 saturated carbocycles. The zero-order valence-corrected chi connectivity index (χ0v) is 28.8. The van der Waals surface area contributed by atoms with Crippen molar-refractivity contribution in [2.24, 2.45) is 0 Å². The summed E-state index contributed by atoms with van der Waals surface area (Å²) in [6.07, 6.45) is 21.2. The average molecular weight is 657 g/mol. The summed E-state index contributed by atoms with van der Waals surface area (Å²) in [5, 5.41) is 7.89. The number of H-pyrrole nitrogens is 2. The minimum Gasteiger partial charge on any atom is -0.491 e. The first-order valence-corrected chi connectivity index (χ1v) is 17.6. The molecule has 5 heterocycles. The topological polar surface area (TPSA) is 104 Å². The Morgan fingerprint density at radius 3 is 1.71 bits per heavy atom. The van der Waals surface area contributed by atoms with E-state index < -0.39 is 5.97 Å². The van der Waals surface area contributed by atoms with Crippen LogP contribution >= 0.6 is 0 Å². The van der Waals surface area contributed by atoms with Crippen LogP contribution in [0.4, 0.5) is 0 Å². The highest BCUT2D eigenvalue weighted by Crippen LogP contribution is 2.39. The van der Waals surface area contributed by atoms with Crippen LogP contribution in [-0.4, -0.2) is 37.6 Å². The molecular formula is C42H48N4O3. The highest BCUT2D eigenvalue weighted by Gasteiger charge is 2.16. The number of ether oxygens (including phenoxy) is 1. The third kappa shape index (κ3) is 10.4. The van der Waals surface area contributed by atoms with Crippen LogP contribution in [-0.2, 0) is 4.79 Å². The van der Waals surface area contributed by atoms with E-state index in [0.717, 1.165) is 68.1 Å². The molecule has 0 amide bonds. The van der Waals surface area contributed by atoms with E-state index in [1.807, 2.05) is 0 Å². The lowest BCUT2D eigenvalue weighted by Crippen LogP contribution is -1.98. The smallest absolute Gasteiger partial charge is 0.330 e. The molecule has 2 aliphatic heterocycles. The number of carbonyl (C=O) groups is 1. The molecule has 0 saturated heterocycles. The third-order valence-corrected chi connectivity index (χ3v) is 8.47. The SMILES string of the molecule is C=C(C)C(=O)O.CCCCCCCCCCCCOc1c(-c2ccccc2)c2cc3nc(cc4ccc(cc5nc(cc1[nH]2)C=C5)[nH]4)C=C3. The Hall–Kier alpha value is -5.17. The molecule has 7 nitrogen and oxygen atoms in total. The Bertz CT molecular complexity index is 1940. The Morgan fingerprint density at radius 1 is 0.694 bits per heavy atom. The van der Waals surface area contributed by atoms with Gasteiger partial charge in [-0.25, -0.2) is 14.8 Å². The fourth-order valence-corrected chi connectivity index (χ4v) is 5.86. The van der Waals surface area contributed by atoms with Crippen molar-refractivity contribution in [1.29, 1.82) is 0 Å². The van der Waals surface area contributed by atoms with E-state index in [1.54, 1.807) is 0 Å². The lowest BCUT2D eigenvalue weighted by molar-refractivity contribution is -0.132. The van der Waals surface area contributed by atoms with Crippen molar-refractivity contribution >= 4 is 52.3 Å². The number of fused-ring (bicyclic) bond motifs is 8. The maximum Gasteiger partial charge on any atom is 0.330 e. The summed E-state index contributed by atoms with van der Waals surface area (Å²) in [7, 11) is 0. The number of carboxylic acids is 1. The molecule has 3 aromatic heterocycles. The molecule has 8 bridgehead atoms. The number of benzene rings is 1. The maximum atomic E-state index is 9.60. The zero-order chi connectivity index (χ0) is 34.4. The van der Waals surface area contributed by atoms with Gasteiger partial charge in [0.2, 0.25) is 0 Å². The van der Waals surface area contributed by atoms with E-state index in [0.29, 0.717) is 6.61 Å². The van der Waals surface area contributed by atoms with E-state index in [4.69, 9.17) is 19.8 Å². The van der Waals surface area contributed by atoms with Crippen LogP contribution in [0, 0.1) is 0 Å². The second kappa shape index (κ2) is 17.8. The van der Waals surface area contributed by atoms with E-state index in [-0.39, 0.29) is 5.57 Å². The van der Waals surface area contributed by atoms with Crippen molar-refractivity contribution < 1.29 is 14.6 Å². The van der Waals surface area contributed by atoms with Crippen LogP contribution in [0.1, 0.15) is 101 Å². The van der Waals surface area contributed by atoms with Crippen LogP contribution in [0.15, 0.2) is 78.9 Å². The molecule has 1 aromatic carbocycles. The summed E-state index contributed by atoms with van der Waals surface area (Å²) < 4.78 is 6.64. The van der Waals surface area contributed by atoms with Crippen LogP contribution in [0.5, 0.6) is 5.75 Å². The third-order valence-electron chi connectivity index (χ3n) is 8.47. The first kappa shape index (κ1) is 35.1. The minimum absolute atomic E-state index is 0.176. The predicted octanol–water partition coefficient (Wildman–Crippen LogP) is 11.3. The normalized spacial score (nSPS) is 11.6. The summed E-state index contributed by atoms with van der Waals surface area (Å²) >= 11 is 0. The van der Waals surface area contributed by atoms with Crippen molar-refractivity contribution in [3.05, 3.63) is 102 Å².